The van der Waals surface area contributed by atoms with Crippen LogP contribution in [0.4, 0.5) is 0 Å². The van der Waals surface area contributed by atoms with Crippen LogP contribution in [0.1, 0.15) is 41.9 Å². The standard InChI is InChI=1S/C21H19ClN4O2/c1-3-13-5-4-11-9-17(24-19(11)23-13)20-25-16-10-12(21(27)28-2)8-15(22)18(16)26(20)14-6-7-14/h4-5,8-10,14H,3,6-7H2,1-2H3,(H,23,24). The normalized spacial score (nSPS) is 14.1. The first-order valence-corrected chi connectivity index (χ1v) is 9.75. The van der Waals surface area contributed by atoms with E-state index in [2.05, 4.69) is 33.6 Å². The van der Waals surface area contributed by atoms with E-state index in [0.717, 1.165) is 53.0 Å². The zero-order chi connectivity index (χ0) is 19.4. The number of fused-ring (bicyclic) bond motifs is 2. The lowest BCUT2D eigenvalue weighted by Gasteiger charge is -2.08. The molecule has 28 heavy (non-hydrogen) atoms. The van der Waals surface area contributed by atoms with Gasteiger partial charge in [-0.25, -0.2) is 14.8 Å². The van der Waals surface area contributed by atoms with E-state index in [1.807, 2.05) is 6.07 Å². The maximum absolute atomic E-state index is 12.0. The van der Waals surface area contributed by atoms with Gasteiger partial charge in [0.1, 0.15) is 5.65 Å². The number of aryl methyl sites for hydroxylation is 1. The van der Waals surface area contributed by atoms with Crippen LogP contribution >= 0.6 is 11.6 Å². The van der Waals surface area contributed by atoms with E-state index < -0.39 is 5.97 Å². The smallest absolute Gasteiger partial charge is 0.337 e. The van der Waals surface area contributed by atoms with Gasteiger partial charge in [-0.15, -0.1) is 0 Å². The summed E-state index contributed by atoms with van der Waals surface area (Å²) < 4.78 is 7.02. The van der Waals surface area contributed by atoms with Crippen LogP contribution in [0, 0.1) is 0 Å². The maximum Gasteiger partial charge on any atom is 0.337 e. The number of esters is 1. The third-order valence-electron chi connectivity index (χ3n) is 5.21. The number of aromatic nitrogens is 4. The van der Waals surface area contributed by atoms with E-state index in [1.54, 1.807) is 12.1 Å². The minimum atomic E-state index is -0.423. The lowest BCUT2D eigenvalue weighted by Crippen LogP contribution is -2.02. The number of nitrogens with one attached hydrogen (secondary N) is 1. The zero-order valence-electron chi connectivity index (χ0n) is 15.6. The fourth-order valence-electron chi connectivity index (χ4n) is 3.66. The van der Waals surface area contributed by atoms with Crippen molar-refractivity contribution in [3.63, 3.8) is 0 Å². The molecule has 0 aliphatic heterocycles. The molecule has 3 heterocycles. The van der Waals surface area contributed by atoms with Crippen LogP contribution in [0.3, 0.4) is 0 Å². The third-order valence-corrected chi connectivity index (χ3v) is 5.50. The number of aromatic amines is 1. The molecule has 0 radical (unpaired) electrons. The Morgan fingerprint density at radius 3 is 2.82 bits per heavy atom. The van der Waals surface area contributed by atoms with Gasteiger partial charge in [-0.1, -0.05) is 18.5 Å². The number of benzene rings is 1. The summed E-state index contributed by atoms with van der Waals surface area (Å²) in [5, 5.41) is 1.55. The van der Waals surface area contributed by atoms with Crippen LogP contribution in [-0.2, 0) is 11.2 Å². The first-order valence-electron chi connectivity index (χ1n) is 9.38. The van der Waals surface area contributed by atoms with Crippen molar-refractivity contribution >= 4 is 39.6 Å². The van der Waals surface area contributed by atoms with Gasteiger partial charge in [0, 0.05) is 17.1 Å². The predicted octanol–water partition coefficient (Wildman–Crippen LogP) is 4.92. The molecule has 0 amide bonds. The Morgan fingerprint density at radius 1 is 1.29 bits per heavy atom. The molecule has 3 aromatic heterocycles. The molecule has 0 bridgehead atoms. The van der Waals surface area contributed by atoms with E-state index in [1.165, 1.54) is 7.11 Å². The number of nitrogens with zero attached hydrogens (tertiary/aromatic N) is 3. The van der Waals surface area contributed by atoms with Crippen LogP contribution in [0.2, 0.25) is 5.02 Å². The van der Waals surface area contributed by atoms with Crippen LogP contribution in [0.5, 0.6) is 0 Å². The van der Waals surface area contributed by atoms with Crippen molar-refractivity contribution in [3.05, 3.63) is 46.6 Å². The molecule has 1 aliphatic rings. The molecule has 142 valence electrons. The second-order valence-corrected chi connectivity index (χ2v) is 7.54. The Kier molecular flexibility index (Phi) is 3.91. The molecular weight excluding hydrogens is 376 g/mol. The first kappa shape index (κ1) is 17.3. The number of imidazole rings is 1. The number of ether oxygens (including phenoxy) is 1. The van der Waals surface area contributed by atoms with E-state index in [9.17, 15) is 4.79 Å². The Labute approximate surface area is 166 Å². The molecule has 0 saturated heterocycles. The summed E-state index contributed by atoms with van der Waals surface area (Å²) in [5.74, 6) is 0.394. The molecule has 1 aromatic carbocycles. The van der Waals surface area contributed by atoms with Gasteiger partial charge in [-0.05, 0) is 49.6 Å². The van der Waals surface area contributed by atoms with Crippen molar-refractivity contribution in [2.75, 3.05) is 7.11 Å². The quantitative estimate of drug-likeness (QED) is 0.499. The van der Waals surface area contributed by atoms with E-state index in [4.69, 9.17) is 21.3 Å². The minimum Gasteiger partial charge on any atom is -0.465 e. The monoisotopic (exact) mass is 394 g/mol. The molecule has 0 unspecified atom stereocenters. The Bertz CT molecular complexity index is 1240. The van der Waals surface area contributed by atoms with Gasteiger partial charge in [0.25, 0.3) is 0 Å². The highest BCUT2D eigenvalue weighted by molar-refractivity contribution is 6.35. The van der Waals surface area contributed by atoms with Crippen molar-refractivity contribution in [2.45, 2.75) is 32.2 Å². The number of hydrogen-bond donors (Lipinski definition) is 1. The molecule has 1 fully saturated rings. The van der Waals surface area contributed by atoms with Crippen LogP contribution < -0.4 is 0 Å². The highest BCUT2D eigenvalue weighted by atomic mass is 35.5. The van der Waals surface area contributed by atoms with Crippen molar-refractivity contribution in [3.8, 4) is 11.5 Å². The number of halogens is 1. The van der Waals surface area contributed by atoms with Gasteiger partial charge in [0.15, 0.2) is 5.82 Å². The lowest BCUT2D eigenvalue weighted by molar-refractivity contribution is 0.0601. The second kappa shape index (κ2) is 6.34. The largest absolute Gasteiger partial charge is 0.465 e. The Balaban J connectivity index is 1.73. The molecule has 7 heteroatoms. The molecule has 1 N–H and O–H groups in total. The van der Waals surface area contributed by atoms with E-state index in [0.29, 0.717) is 22.1 Å². The van der Waals surface area contributed by atoms with Gasteiger partial charge >= 0.3 is 5.97 Å². The fraction of sp³-hybridized carbons (Fsp3) is 0.286. The number of rotatable bonds is 4. The Morgan fingerprint density at radius 2 is 2.11 bits per heavy atom. The molecule has 5 rings (SSSR count). The van der Waals surface area contributed by atoms with Gasteiger partial charge in [-0.3, -0.25) is 0 Å². The molecule has 0 spiro atoms. The summed E-state index contributed by atoms with van der Waals surface area (Å²) >= 11 is 6.57. The Hall–Kier alpha value is -2.86. The van der Waals surface area contributed by atoms with Gasteiger partial charge in [0.05, 0.1) is 34.4 Å². The molecular formula is C21H19ClN4O2. The lowest BCUT2D eigenvalue weighted by atomic mass is 10.2. The first-order chi connectivity index (χ1) is 13.6. The number of pyridine rings is 1. The predicted molar refractivity (Wildman–Crippen MR) is 109 cm³/mol. The second-order valence-electron chi connectivity index (χ2n) is 7.13. The summed E-state index contributed by atoms with van der Waals surface area (Å²) in [5.41, 5.74) is 4.74. The van der Waals surface area contributed by atoms with Crippen molar-refractivity contribution < 1.29 is 9.53 Å². The molecule has 1 aliphatic carbocycles. The SMILES string of the molecule is CCc1ccc2cc(-c3nc4cc(C(=O)OC)cc(Cl)c4n3C3CC3)[nH]c2n1. The van der Waals surface area contributed by atoms with Crippen LogP contribution in [-0.4, -0.2) is 32.6 Å². The van der Waals surface area contributed by atoms with Crippen LogP contribution in [0.25, 0.3) is 33.6 Å². The number of H-pyrrole nitrogens is 1. The van der Waals surface area contributed by atoms with Crippen molar-refractivity contribution in [1.82, 2.24) is 19.5 Å². The summed E-state index contributed by atoms with van der Waals surface area (Å²) in [6.45, 7) is 2.09. The fourth-order valence-corrected chi connectivity index (χ4v) is 3.96. The molecule has 4 aromatic rings. The zero-order valence-corrected chi connectivity index (χ0v) is 16.4. The average molecular weight is 395 g/mol. The third kappa shape index (κ3) is 2.67. The summed E-state index contributed by atoms with van der Waals surface area (Å²) in [4.78, 5) is 24.9. The number of carbonyl (C=O) groups is 1. The number of methoxy groups -OCH3 is 1. The van der Waals surface area contributed by atoms with E-state index in [-0.39, 0.29) is 0 Å². The van der Waals surface area contributed by atoms with Crippen molar-refractivity contribution in [1.29, 1.82) is 0 Å². The minimum absolute atomic E-state index is 0.368. The summed E-state index contributed by atoms with van der Waals surface area (Å²) in [6, 6.07) is 9.95. The molecule has 1 saturated carbocycles. The average Bonchev–Trinajstić information content (AvgIpc) is 3.33. The molecule has 6 nitrogen and oxygen atoms in total. The van der Waals surface area contributed by atoms with Crippen molar-refractivity contribution in [2.24, 2.45) is 0 Å². The molecule has 0 atom stereocenters. The van der Waals surface area contributed by atoms with E-state index >= 15 is 0 Å². The summed E-state index contributed by atoms with van der Waals surface area (Å²) in [7, 11) is 1.36. The van der Waals surface area contributed by atoms with Gasteiger partial charge < -0.3 is 14.3 Å². The highest BCUT2D eigenvalue weighted by Gasteiger charge is 2.31. The van der Waals surface area contributed by atoms with Gasteiger partial charge in [0.2, 0.25) is 0 Å². The summed E-state index contributed by atoms with van der Waals surface area (Å²) in [6.07, 6.45) is 3.06. The van der Waals surface area contributed by atoms with Gasteiger partial charge in [-0.2, -0.15) is 0 Å². The topological polar surface area (TPSA) is 72.8 Å². The number of carbonyl (C=O) groups excluding carboxylic acids is 1. The highest BCUT2D eigenvalue weighted by Crippen LogP contribution is 2.43. The number of hydrogen-bond acceptors (Lipinski definition) is 4. The van der Waals surface area contributed by atoms with Crippen LogP contribution in [0.15, 0.2) is 30.3 Å². The maximum atomic E-state index is 12.0.